The van der Waals surface area contributed by atoms with E-state index in [1.165, 1.54) is 22.9 Å². The summed E-state index contributed by atoms with van der Waals surface area (Å²) in [6, 6.07) is 11.5. The Morgan fingerprint density at radius 1 is 1.14 bits per heavy atom. The number of aliphatic hydroxyl groups excluding tert-OH is 1. The van der Waals surface area contributed by atoms with Crippen molar-refractivity contribution in [3.63, 3.8) is 0 Å². The molecular weight excluding hydrogens is 692 g/mol. The van der Waals surface area contributed by atoms with Crippen molar-refractivity contribution in [2.45, 2.75) is 81.7 Å². The van der Waals surface area contributed by atoms with Gasteiger partial charge in [-0.15, -0.1) is 5.10 Å². The van der Waals surface area contributed by atoms with Crippen molar-refractivity contribution in [1.29, 1.82) is 0 Å². The summed E-state index contributed by atoms with van der Waals surface area (Å²) in [7, 11) is 1.30. The van der Waals surface area contributed by atoms with Gasteiger partial charge in [-0.1, -0.05) is 36.8 Å². The average molecular weight is 738 g/mol. The van der Waals surface area contributed by atoms with E-state index in [4.69, 9.17) is 25.8 Å². The number of aryl methyl sites for hydroxylation is 2. The van der Waals surface area contributed by atoms with Crippen molar-refractivity contribution in [3.8, 4) is 11.6 Å². The lowest BCUT2D eigenvalue weighted by Crippen LogP contribution is -2.50. The van der Waals surface area contributed by atoms with Gasteiger partial charge in [0.2, 0.25) is 5.88 Å². The third kappa shape index (κ3) is 6.99. The van der Waals surface area contributed by atoms with E-state index in [9.17, 15) is 18.9 Å². The summed E-state index contributed by atoms with van der Waals surface area (Å²) >= 11 is 6.45. The molecule has 2 aliphatic heterocycles. The van der Waals surface area contributed by atoms with Gasteiger partial charge in [-0.25, -0.2) is 4.79 Å². The van der Waals surface area contributed by atoms with Crippen molar-refractivity contribution in [2.75, 3.05) is 31.7 Å². The second kappa shape index (κ2) is 14.4. The zero-order valence-electron chi connectivity index (χ0n) is 29.5. The molecule has 1 spiro atoms. The molecule has 1 saturated carbocycles. The number of hydrogen-bond acceptors (Lipinski definition) is 10. The standard InChI is InChI=1S/C38H46ClN4O7S/c1-22-23(2)51(47)41-35(45)25-8-13-34-31(17-25)43(20-38(21-49-34)15-5-6-24-16-27(39)9-11-30(24)38)18-26-7-10-28(26)33(14-12-32(22)44)50-37(46)29-19-42(3)40-36(29)48-4/h8-9,11,13,16-17,19,22-23,26,28,32-33,44H,5-7,10,12,14-15,18,20-21H2,1-4H3/q-1/t22-,23-,26+,28-,32+,33+,38+/m1/s1. The number of methoxy groups -OCH3 is 1. The summed E-state index contributed by atoms with van der Waals surface area (Å²) in [5, 5.41) is 15.7. The number of nitrogens with zero attached hydrogens (tertiary/aromatic N) is 4. The maximum Gasteiger partial charge on any atom is 0.345 e. The fraction of sp³-hybridized carbons (Fsp3) is 0.553. The van der Waals surface area contributed by atoms with E-state index in [-0.39, 0.29) is 28.7 Å². The highest BCUT2D eigenvalue weighted by molar-refractivity contribution is 7.75. The van der Waals surface area contributed by atoms with Crippen LogP contribution in [0.2, 0.25) is 5.02 Å². The third-order valence-electron chi connectivity index (χ3n) is 11.7. The van der Waals surface area contributed by atoms with Gasteiger partial charge in [0.15, 0.2) is 0 Å². The summed E-state index contributed by atoms with van der Waals surface area (Å²) in [5.41, 5.74) is 3.53. The van der Waals surface area contributed by atoms with E-state index in [0.717, 1.165) is 37.8 Å². The van der Waals surface area contributed by atoms with Gasteiger partial charge in [0.05, 0.1) is 25.5 Å². The first-order valence-corrected chi connectivity index (χ1v) is 19.5. The minimum atomic E-state index is -1.88. The monoisotopic (exact) mass is 737 g/mol. The predicted octanol–water partition coefficient (Wildman–Crippen LogP) is 6.27. The first kappa shape index (κ1) is 35.8. The van der Waals surface area contributed by atoms with Crippen LogP contribution in [0.25, 0.3) is 0 Å². The second-order valence-electron chi connectivity index (χ2n) is 14.8. The lowest BCUT2D eigenvalue weighted by molar-refractivity contribution is -0.0320. The van der Waals surface area contributed by atoms with Gasteiger partial charge in [-0.2, -0.15) is 10.6 Å². The molecule has 2 aliphatic carbocycles. The molecule has 3 heterocycles. The lowest BCUT2D eigenvalue weighted by atomic mass is 9.68. The van der Waals surface area contributed by atoms with Crippen LogP contribution in [0.5, 0.6) is 11.6 Å². The van der Waals surface area contributed by atoms with Crippen molar-refractivity contribution in [3.05, 3.63) is 69.9 Å². The van der Waals surface area contributed by atoms with Crippen LogP contribution in [0.3, 0.4) is 0 Å². The molecule has 274 valence electrons. The molecule has 4 aliphatic rings. The fourth-order valence-corrected chi connectivity index (χ4v) is 9.65. The summed E-state index contributed by atoms with van der Waals surface area (Å²) in [6.07, 6.45) is 5.68. The van der Waals surface area contributed by atoms with E-state index < -0.39 is 45.8 Å². The Labute approximate surface area is 305 Å². The number of carbonyl (C=O) groups excluding carboxylic acids is 2. The third-order valence-corrected chi connectivity index (χ3v) is 13.4. The lowest BCUT2D eigenvalue weighted by Gasteiger charge is -2.46. The zero-order valence-corrected chi connectivity index (χ0v) is 31.1. The molecule has 7 atom stereocenters. The van der Waals surface area contributed by atoms with E-state index in [0.29, 0.717) is 48.9 Å². The molecule has 1 aromatic heterocycles. The number of fused-ring (bicyclic) bond motifs is 4. The van der Waals surface area contributed by atoms with Crippen molar-refractivity contribution >= 4 is 39.8 Å². The fourth-order valence-electron chi connectivity index (χ4n) is 8.47. The number of anilines is 1. The number of amides is 1. The molecule has 11 nitrogen and oxygen atoms in total. The summed E-state index contributed by atoms with van der Waals surface area (Å²) in [5.74, 6) is -0.448. The van der Waals surface area contributed by atoms with Gasteiger partial charge in [0.25, 0.3) is 5.91 Å². The van der Waals surface area contributed by atoms with Gasteiger partial charge in [-0.3, -0.25) is 9.48 Å². The van der Waals surface area contributed by atoms with E-state index in [1.807, 2.05) is 25.1 Å². The van der Waals surface area contributed by atoms with Crippen molar-refractivity contribution in [1.82, 2.24) is 9.78 Å². The Bertz CT molecular complexity index is 1910. The van der Waals surface area contributed by atoms with Gasteiger partial charge >= 0.3 is 5.97 Å². The average Bonchev–Trinajstić information content (AvgIpc) is 3.42. The molecule has 2 bridgehead atoms. The Balaban J connectivity index is 1.28. The minimum Gasteiger partial charge on any atom is -0.490 e. The molecule has 7 rings (SSSR count). The van der Waals surface area contributed by atoms with E-state index >= 15 is 0 Å². The number of aliphatic hydroxyl groups is 1. The summed E-state index contributed by atoms with van der Waals surface area (Å²) in [6.45, 7) is 5.32. The Morgan fingerprint density at radius 2 is 1.96 bits per heavy atom. The van der Waals surface area contributed by atoms with Gasteiger partial charge in [0, 0.05) is 48.3 Å². The maximum atomic E-state index is 13.7. The SMILES string of the molecule is COc1nn(C)cc1C(=O)O[C@H]1CC[C@H](O)[C@H](C)[C@@H](C)[S-](=O)=NC(=O)c2ccc3c(c2)N(C[C@@H]2CC[C@H]21)C[C@@]1(CCCc2cc(Cl)ccc21)CO3. The molecule has 1 fully saturated rings. The second-order valence-corrected chi connectivity index (χ2v) is 16.8. The highest BCUT2D eigenvalue weighted by Crippen LogP contribution is 2.47. The van der Waals surface area contributed by atoms with Crippen LogP contribution in [-0.4, -0.2) is 71.0 Å². The molecule has 0 unspecified atom stereocenters. The van der Waals surface area contributed by atoms with Gasteiger partial charge in [0.1, 0.15) is 17.4 Å². The highest BCUT2D eigenvalue weighted by Gasteiger charge is 2.45. The topological polar surface area (TPSA) is 133 Å². The molecule has 1 amide bonds. The quantitative estimate of drug-likeness (QED) is 0.244. The maximum absolute atomic E-state index is 13.7. The Hall–Kier alpha value is -3.61. The summed E-state index contributed by atoms with van der Waals surface area (Å²) in [4.78, 5) is 29.5. The van der Waals surface area contributed by atoms with Gasteiger partial charge in [-0.05, 0) is 98.2 Å². The molecule has 3 aromatic rings. The molecule has 0 saturated heterocycles. The number of aromatic nitrogens is 2. The number of ether oxygens (including phenoxy) is 3. The van der Waals surface area contributed by atoms with E-state index in [2.05, 4.69) is 26.5 Å². The molecule has 51 heavy (non-hydrogen) atoms. The van der Waals surface area contributed by atoms with Crippen LogP contribution in [0, 0.1) is 17.8 Å². The Kier molecular flexibility index (Phi) is 10.1. The molecule has 2 aromatic carbocycles. The van der Waals surface area contributed by atoms with Crippen LogP contribution < -0.4 is 14.4 Å². The molecule has 13 heteroatoms. The number of esters is 1. The number of hydrogen-bond donors (Lipinski definition) is 1. The zero-order chi connectivity index (χ0) is 36.0. The van der Waals surface area contributed by atoms with Crippen LogP contribution >= 0.6 is 11.6 Å². The number of benzene rings is 2. The van der Waals surface area contributed by atoms with Crippen LogP contribution in [0.4, 0.5) is 5.69 Å². The number of halogens is 1. The molecular formula is C38H46ClN4O7S-. The first-order valence-electron chi connectivity index (χ1n) is 17.9. The highest BCUT2D eigenvalue weighted by atomic mass is 35.5. The van der Waals surface area contributed by atoms with Crippen LogP contribution in [0.15, 0.2) is 47.0 Å². The van der Waals surface area contributed by atoms with Gasteiger partial charge < -0.3 is 32.8 Å². The largest absolute Gasteiger partial charge is 0.490 e. The van der Waals surface area contributed by atoms with Crippen molar-refractivity contribution in [2.24, 2.45) is 29.2 Å². The predicted molar refractivity (Wildman–Crippen MR) is 194 cm³/mol. The molecule has 0 radical (unpaired) electrons. The molecule has 1 N–H and O–H groups in total. The van der Waals surface area contributed by atoms with Crippen LogP contribution in [-0.2, 0) is 38.4 Å². The summed E-state index contributed by atoms with van der Waals surface area (Å²) < 4.78 is 37.3. The van der Waals surface area contributed by atoms with Crippen molar-refractivity contribution < 1.29 is 33.1 Å². The number of rotatable bonds is 3. The normalized spacial score (nSPS) is 29.8. The van der Waals surface area contributed by atoms with E-state index in [1.54, 1.807) is 26.2 Å². The smallest absolute Gasteiger partial charge is 0.345 e. The number of carbonyl (C=O) groups is 2. The minimum absolute atomic E-state index is 0.0272. The first-order chi connectivity index (χ1) is 24.5. The Morgan fingerprint density at radius 3 is 2.73 bits per heavy atom. The van der Waals surface area contributed by atoms with Crippen LogP contribution in [0.1, 0.15) is 84.2 Å².